The van der Waals surface area contributed by atoms with Crippen LogP contribution in [-0.4, -0.2) is 20.6 Å². The van der Waals surface area contributed by atoms with E-state index in [4.69, 9.17) is 0 Å². The number of rotatable bonds is 3. The molecule has 0 aliphatic heterocycles. The van der Waals surface area contributed by atoms with E-state index in [9.17, 15) is 13.6 Å². The molecule has 0 aliphatic carbocycles. The summed E-state index contributed by atoms with van der Waals surface area (Å²) < 4.78 is 28.6. The van der Waals surface area contributed by atoms with Crippen molar-refractivity contribution in [2.45, 2.75) is 6.92 Å². The number of amides is 1. The largest absolute Gasteiger partial charge is 0.273 e. The second kappa shape index (κ2) is 6.60. The topological polar surface area (TPSA) is 59.8 Å². The lowest BCUT2D eigenvalue weighted by Gasteiger charge is -2.10. The molecule has 1 N–H and O–H groups in total. The zero-order chi connectivity index (χ0) is 19.0. The van der Waals surface area contributed by atoms with Crippen molar-refractivity contribution < 1.29 is 13.6 Å². The molecule has 0 saturated carbocycles. The van der Waals surface area contributed by atoms with E-state index in [0.29, 0.717) is 28.0 Å². The molecular weight excluding hydrogens is 350 g/mol. The number of hydrogen-bond acceptors (Lipinski definition) is 3. The van der Waals surface area contributed by atoms with Crippen molar-refractivity contribution in [3.8, 4) is 11.4 Å². The van der Waals surface area contributed by atoms with Gasteiger partial charge < -0.3 is 0 Å². The molecule has 5 nitrogen and oxygen atoms in total. The second-order valence-corrected chi connectivity index (χ2v) is 6.00. The molecule has 2 aromatic heterocycles. The standard InChI is InChI=1S/C20H14F2N4O/c1-12-16(11-23-19(24-12)13-4-2-5-14(21)10-13)20(27)25-26-9-8-15-17(22)6-3-7-18(15)26/h2-11H,1H3,(H,25,27). The quantitative estimate of drug-likeness (QED) is 0.596. The molecule has 0 unspecified atom stereocenters. The van der Waals surface area contributed by atoms with E-state index in [0.717, 1.165) is 0 Å². The fourth-order valence-corrected chi connectivity index (χ4v) is 2.85. The minimum atomic E-state index is -0.431. The van der Waals surface area contributed by atoms with Gasteiger partial charge in [0, 0.05) is 23.3 Å². The number of nitrogens with one attached hydrogen (secondary N) is 1. The number of fused-ring (bicyclic) bond motifs is 1. The Morgan fingerprint density at radius 3 is 2.70 bits per heavy atom. The Morgan fingerprint density at radius 1 is 1.11 bits per heavy atom. The predicted molar refractivity (Wildman–Crippen MR) is 97.8 cm³/mol. The molecule has 4 aromatic rings. The Hall–Kier alpha value is -3.61. The van der Waals surface area contributed by atoms with Crippen LogP contribution in [0.5, 0.6) is 0 Å². The third-order valence-corrected chi connectivity index (χ3v) is 4.21. The van der Waals surface area contributed by atoms with Crippen LogP contribution in [0.25, 0.3) is 22.3 Å². The number of carbonyl (C=O) groups excluding carboxylic acids is 1. The predicted octanol–water partition coefficient (Wildman–Crippen LogP) is 4.07. The van der Waals surface area contributed by atoms with Gasteiger partial charge in [-0.05, 0) is 37.3 Å². The maximum Gasteiger partial charge on any atom is 0.273 e. The van der Waals surface area contributed by atoms with Crippen molar-refractivity contribution >= 4 is 16.8 Å². The van der Waals surface area contributed by atoms with Crippen molar-refractivity contribution in [2.75, 3.05) is 5.43 Å². The van der Waals surface area contributed by atoms with Crippen LogP contribution in [0.4, 0.5) is 8.78 Å². The molecule has 134 valence electrons. The lowest BCUT2D eigenvalue weighted by Crippen LogP contribution is -2.23. The Morgan fingerprint density at radius 2 is 1.93 bits per heavy atom. The first-order valence-corrected chi connectivity index (χ1v) is 8.19. The summed E-state index contributed by atoms with van der Waals surface area (Å²) in [7, 11) is 0. The molecule has 0 radical (unpaired) electrons. The maximum atomic E-state index is 13.8. The van der Waals surface area contributed by atoms with Crippen LogP contribution >= 0.6 is 0 Å². The van der Waals surface area contributed by atoms with E-state index >= 15 is 0 Å². The highest BCUT2D eigenvalue weighted by molar-refractivity contribution is 6.01. The molecule has 0 atom stereocenters. The van der Waals surface area contributed by atoms with Crippen LogP contribution in [0.2, 0.25) is 0 Å². The molecule has 0 saturated heterocycles. The second-order valence-electron chi connectivity index (χ2n) is 6.00. The van der Waals surface area contributed by atoms with Gasteiger partial charge in [0.05, 0.1) is 16.8 Å². The number of aryl methyl sites for hydroxylation is 1. The Balaban J connectivity index is 1.63. The molecule has 1 amide bonds. The van der Waals surface area contributed by atoms with E-state index < -0.39 is 5.91 Å². The van der Waals surface area contributed by atoms with Crippen LogP contribution in [0.1, 0.15) is 16.1 Å². The zero-order valence-corrected chi connectivity index (χ0v) is 14.3. The summed E-state index contributed by atoms with van der Waals surface area (Å²) in [5.74, 6) is -0.848. The van der Waals surface area contributed by atoms with E-state index in [1.54, 1.807) is 43.5 Å². The molecule has 7 heteroatoms. The third-order valence-electron chi connectivity index (χ3n) is 4.21. The number of nitrogens with zero attached hydrogens (tertiary/aromatic N) is 3. The summed E-state index contributed by atoms with van der Waals surface area (Å²) in [6.45, 7) is 1.67. The van der Waals surface area contributed by atoms with E-state index in [1.165, 1.54) is 29.1 Å². The molecule has 0 bridgehead atoms. The van der Waals surface area contributed by atoms with Crippen LogP contribution in [0, 0.1) is 18.6 Å². The number of carbonyl (C=O) groups is 1. The third kappa shape index (κ3) is 3.15. The van der Waals surface area contributed by atoms with Crippen LogP contribution < -0.4 is 5.43 Å². The van der Waals surface area contributed by atoms with E-state index in [1.807, 2.05) is 0 Å². The number of halogens is 2. The minimum absolute atomic E-state index is 0.272. The molecule has 2 heterocycles. The van der Waals surface area contributed by atoms with Gasteiger partial charge in [0.25, 0.3) is 5.91 Å². The molecule has 0 spiro atoms. The lowest BCUT2D eigenvalue weighted by atomic mass is 10.2. The molecule has 27 heavy (non-hydrogen) atoms. The first-order chi connectivity index (χ1) is 13.0. The number of aromatic nitrogens is 3. The van der Waals surface area contributed by atoms with Crippen molar-refractivity contribution in [3.63, 3.8) is 0 Å². The first-order valence-electron chi connectivity index (χ1n) is 8.19. The van der Waals surface area contributed by atoms with E-state index in [2.05, 4.69) is 15.4 Å². The summed E-state index contributed by atoms with van der Waals surface area (Å²) in [6.07, 6.45) is 2.97. The molecule has 0 fully saturated rings. The van der Waals surface area contributed by atoms with Crippen LogP contribution in [0.15, 0.2) is 60.9 Å². The molecule has 4 rings (SSSR count). The van der Waals surface area contributed by atoms with Gasteiger partial charge in [-0.15, -0.1) is 0 Å². The maximum absolute atomic E-state index is 13.8. The molecule has 2 aromatic carbocycles. The summed E-state index contributed by atoms with van der Waals surface area (Å²) in [6, 6.07) is 12.1. The summed E-state index contributed by atoms with van der Waals surface area (Å²) >= 11 is 0. The summed E-state index contributed by atoms with van der Waals surface area (Å²) in [5.41, 5.74) is 4.47. The first kappa shape index (κ1) is 16.8. The number of hydrogen-bond donors (Lipinski definition) is 1. The normalized spacial score (nSPS) is 10.9. The fraction of sp³-hybridized carbons (Fsp3) is 0.0500. The highest BCUT2D eigenvalue weighted by atomic mass is 19.1. The SMILES string of the molecule is Cc1nc(-c2cccc(F)c2)ncc1C(=O)Nn1ccc2c(F)cccc21. The van der Waals surface area contributed by atoms with Gasteiger partial charge in [0.1, 0.15) is 11.6 Å². The summed E-state index contributed by atoms with van der Waals surface area (Å²) in [4.78, 5) is 21.1. The van der Waals surface area contributed by atoms with Gasteiger partial charge in [-0.25, -0.2) is 18.7 Å². The van der Waals surface area contributed by atoms with Crippen molar-refractivity contribution in [3.05, 3.63) is 83.8 Å². The van der Waals surface area contributed by atoms with Gasteiger partial charge in [-0.1, -0.05) is 18.2 Å². The van der Waals surface area contributed by atoms with Crippen molar-refractivity contribution in [1.29, 1.82) is 0 Å². The fourth-order valence-electron chi connectivity index (χ4n) is 2.85. The lowest BCUT2D eigenvalue weighted by molar-refractivity contribution is 0.101. The average Bonchev–Trinajstić information content (AvgIpc) is 3.06. The smallest absolute Gasteiger partial charge is 0.267 e. The summed E-state index contributed by atoms with van der Waals surface area (Å²) in [5, 5.41) is 0.409. The molecule has 0 aliphatic rings. The molecular formula is C20H14F2N4O. The highest BCUT2D eigenvalue weighted by Crippen LogP contribution is 2.19. The Labute approximate surface area is 153 Å². The monoisotopic (exact) mass is 364 g/mol. The zero-order valence-electron chi connectivity index (χ0n) is 14.3. The van der Waals surface area contributed by atoms with Gasteiger partial charge in [-0.3, -0.25) is 14.9 Å². The minimum Gasteiger partial charge on any atom is -0.267 e. The van der Waals surface area contributed by atoms with Gasteiger partial charge in [0.2, 0.25) is 0 Å². The van der Waals surface area contributed by atoms with E-state index in [-0.39, 0.29) is 17.2 Å². The average molecular weight is 364 g/mol. The van der Waals surface area contributed by atoms with Crippen molar-refractivity contribution in [1.82, 2.24) is 14.6 Å². The van der Waals surface area contributed by atoms with Crippen LogP contribution in [-0.2, 0) is 0 Å². The van der Waals surface area contributed by atoms with Crippen LogP contribution in [0.3, 0.4) is 0 Å². The van der Waals surface area contributed by atoms with Gasteiger partial charge in [-0.2, -0.15) is 0 Å². The Bertz CT molecular complexity index is 1170. The van der Waals surface area contributed by atoms with Crippen molar-refractivity contribution in [2.24, 2.45) is 0 Å². The van der Waals surface area contributed by atoms with Gasteiger partial charge >= 0.3 is 0 Å². The number of benzene rings is 2. The highest BCUT2D eigenvalue weighted by Gasteiger charge is 2.14. The Kier molecular flexibility index (Phi) is 4.12. The van der Waals surface area contributed by atoms with Gasteiger partial charge in [0.15, 0.2) is 5.82 Å².